The molecule has 0 saturated heterocycles. The summed E-state index contributed by atoms with van der Waals surface area (Å²) in [6, 6.07) is 18.5. The van der Waals surface area contributed by atoms with E-state index in [9.17, 15) is 0 Å². The first-order valence-corrected chi connectivity index (χ1v) is 11.0. The van der Waals surface area contributed by atoms with Crippen molar-refractivity contribution in [2.45, 2.75) is 67.5 Å². The lowest BCUT2D eigenvalue weighted by Gasteiger charge is -2.34. The van der Waals surface area contributed by atoms with Crippen LogP contribution in [0.4, 0.5) is 0 Å². The van der Waals surface area contributed by atoms with E-state index in [1.807, 2.05) is 0 Å². The quantitative estimate of drug-likeness (QED) is 0.444. The summed E-state index contributed by atoms with van der Waals surface area (Å²) in [6.45, 7) is 20.8. The zero-order valence-corrected chi connectivity index (χ0v) is 22.2. The number of hydrogen-bond acceptors (Lipinski definition) is 1. The lowest BCUT2D eigenvalue weighted by atomic mass is 9.80. The smallest absolute Gasteiger partial charge is 0.235 e. The van der Waals surface area contributed by atoms with Gasteiger partial charge in [0.1, 0.15) is 25.2 Å². The molecular formula is C27H39IN2. The molecule has 30 heavy (non-hydrogen) atoms. The standard InChI is InChI=1S/C27H39N2.HI/c1-20-13-9-11-15-22(20)24(26(3,4)5)28-17-18-29(19-28)25(27(6,7)8)23-16-12-10-14-21(23)2;/h9-16,19,24-25H,17-18H2,1-8H3;1H/q+1;/p-1/t24-,25-;/m1./s1. The number of nitrogens with zero attached hydrogens (tertiary/aromatic N) is 2. The summed E-state index contributed by atoms with van der Waals surface area (Å²) >= 11 is 0. The first-order chi connectivity index (χ1) is 13.5. The molecule has 0 N–H and O–H groups in total. The highest BCUT2D eigenvalue weighted by atomic mass is 127. The third-order valence-electron chi connectivity index (χ3n) is 6.18. The van der Waals surface area contributed by atoms with Gasteiger partial charge in [-0.1, -0.05) is 90.1 Å². The van der Waals surface area contributed by atoms with Crippen LogP contribution in [-0.2, 0) is 0 Å². The minimum absolute atomic E-state index is 0. The lowest BCUT2D eigenvalue weighted by molar-refractivity contribution is -0.576. The Kier molecular flexibility index (Phi) is 7.82. The van der Waals surface area contributed by atoms with E-state index in [1.54, 1.807) is 0 Å². The maximum atomic E-state index is 2.58. The summed E-state index contributed by atoms with van der Waals surface area (Å²) in [6.07, 6.45) is 2.42. The maximum absolute atomic E-state index is 2.58. The van der Waals surface area contributed by atoms with Gasteiger partial charge in [-0.2, -0.15) is 0 Å². The SMILES string of the molecule is Cc1ccccc1[C@@H](N1C=[N+]([C@H](c2ccccc2C)C(C)(C)C)CC1)C(C)(C)C.[I-]. The van der Waals surface area contributed by atoms with Crippen LogP contribution in [-0.4, -0.2) is 28.9 Å². The van der Waals surface area contributed by atoms with Gasteiger partial charge in [0, 0.05) is 10.8 Å². The van der Waals surface area contributed by atoms with E-state index < -0.39 is 0 Å². The van der Waals surface area contributed by atoms with E-state index in [0.29, 0.717) is 12.1 Å². The number of aryl methyl sites for hydroxylation is 2. The van der Waals surface area contributed by atoms with Gasteiger partial charge in [0.15, 0.2) is 0 Å². The monoisotopic (exact) mass is 518 g/mol. The van der Waals surface area contributed by atoms with E-state index >= 15 is 0 Å². The number of hydrogen-bond donors (Lipinski definition) is 0. The Balaban J connectivity index is 0.00000320. The van der Waals surface area contributed by atoms with Gasteiger partial charge in [0.05, 0.1) is 0 Å². The van der Waals surface area contributed by atoms with Crippen LogP contribution >= 0.6 is 0 Å². The second-order valence-electron chi connectivity index (χ2n) is 10.8. The van der Waals surface area contributed by atoms with Crippen molar-refractivity contribution in [3.8, 4) is 0 Å². The molecule has 0 unspecified atom stereocenters. The Hall–Kier alpha value is -1.36. The predicted octanol–water partition coefficient (Wildman–Crippen LogP) is 3.54. The van der Waals surface area contributed by atoms with Gasteiger partial charge in [-0.15, -0.1) is 0 Å². The van der Waals surface area contributed by atoms with Gasteiger partial charge in [0.25, 0.3) is 0 Å². The van der Waals surface area contributed by atoms with E-state index in [-0.39, 0.29) is 34.8 Å². The Bertz CT molecular complexity index is 886. The van der Waals surface area contributed by atoms with Crippen molar-refractivity contribution in [3.63, 3.8) is 0 Å². The molecule has 1 aliphatic rings. The van der Waals surface area contributed by atoms with Crippen molar-refractivity contribution in [1.29, 1.82) is 0 Å². The van der Waals surface area contributed by atoms with E-state index in [4.69, 9.17) is 0 Å². The molecule has 3 rings (SSSR count). The molecule has 0 bridgehead atoms. The maximum Gasteiger partial charge on any atom is 0.235 e. The van der Waals surface area contributed by atoms with Crippen molar-refractivity contribution in [2.24, 2.45) is 10.8 Å². The van der Waals surface area contributed by atoms with Gasteiger partial charge in [-0.25, -0.2) is 0 Å². The Morgan fingerprint density at radius 1 is 0.767 bits per heavy atom. The van der Waals surface area contributed by atoms with Gasteiger partial charge >= 0.3 is 0 Å². The Morgan fingerprint density at radius 3 is 1.73 bits per heavy atom. The number of halogens is 1. The third kappa shape index (κ3) is 5.27. The minimum Gasteiger partial charge on any atom is -1.00 e. The van der Waals surface area contributed by atoms with Gasteiger partial charge < -0.3 is 24.0 Å². The molecule has 0 amide bonds. The summed E-state index contributed by atoms with van der Waals surface area (Å²) in [4.78, 5) is 2.58. The summed E-state index contributed by atoms with van der Waals surface area (Å²) < 4.78 is 2.58. The minimum atomic E-state index is 0. The summed E-state index contributed by atoms with van der Waals surface area (Å²) in [5.74, 6) is 0. The first-order valence-electron chi connectivity index (χ1n) is 11.0. The molecule has 2 aromatic rings. The molecule has 0 aliphatic carbocycles. The van der Waals surface area contributed by atoms with E-state index in [0.717, 1.165) is 13.1 Å². The van der Waals surface area contributed by atoms with Gasteiger partial charge in [-0.3, -0.25) is 9.48 Å². The van der Waals surface area contributed by atoms with Crippen LogP contribution < -0.4 is 24.0 Å². The van der Waals surface area contributed by atoms with Crippen molar-refractivity contribution in [2.75, 3.05) is 13.1 Å². The molecule has 0 saturated carbocycles. The molecule has 1 aliphatic heterocycles. The normalized spacial score (nSPS) is 16.7. The predicted molar refractivity (Wildman–Crippen MR) is 125 cm³/mol. The molecule has 164 valence electrons. The van der Waals surface area contributed by atoms with Crippen LogP contribution in [0.15, 0.2) is 48.5 Å². The van der Waals surface area contributed by atoms with Gasteiger partial charge in [0.2, 0.25) is 6.34 Å². The molecule has 2 nitrogen and oxygen atoms in total. The second-order valence-corrected chi connectivity index (χ2v) is 10.8. The summed E-state index contributed by atoms with van der Waals surface area (Å²) in [5, 5.41) is 0. The van der Waals surface area contributed by atoms with Crippen LogP contribution in [0.5, 0.6) is 0 Å². The molecule has 2 aromatic carbocycles. The fraction of sp³-hybridized carbons (Fsp3) is 0.519. The Morgan fingerprint density at radius 2 is 1.27 bits per heavy atom. The van der Waals surface area contributed by atoms with E-state index in [2.05, 4.69) is 120 Å². The largest absolute Gasteiger partial charge is 1.00 e. The molecule has 0 aromatic heterocycles. The zero-order valence-electron chi connectivity index (χ0n) is 20.0. The second kappa shape index (κ2) is 9.42. The van der Waals surface area contributed by atoms with Crippen molar-refractivity contribution >= 4 is 6.34 Å². The molecule has 1 heterocycles. The highest BCUT2D eigenvalue weighted by Gasteiger charge is 2.42. The fourth-order valence-electron chi connectivity index (χ4n) is 5.00. The molecule has 0 radical (unpaired) electrons. The van der Waals surface area contributed by atoms with Gasteiger partial charge in [-0.05, 0) is 36.1 Å². The van der Waals surface area contributed by atoms with Crippen LogP contribution in [0.1, 0.15) is 75.9 Å². The third-order valence-corrected chi connectivity index (χ3v) is 6.18. The summed E-state index contributed by atoms with van der Waals surface area (Å²) in [7, 11) is 0. The molecule has 3 heteroatoms. The molecule has 2 atom stereocenters. The van der Waals surface area contributed by atoms with Crippen LogP contribution in [0.25, 0.3) is 0 Å². The number of rotatable bonds is 4. The highest BCUT2D eigenvalue weighted by molar-refractivity contribution is 5.53. The van der Waals surface area contributed by atoms with Crippen LogP contribution in [0, 0.1) is 24.7 Å². The molecular weight excluding hydrogens is 479 g/mol. The molecule has 0 spiro atoms. The number of benzene rings is 2. The first kappa shape index (κ1) is 24.9. The average molecular weight is 519 g/mol. The average Bonchev–Trinajstić information content (AvgIpc) is 3.05. The summed E-state index contributed by atoms with van der Waals surface area (Å²) in [5.41, 5.74) is 5.95. The fourth-order valence-corrected chi connectivity index (χ4v) is 5.00. The lowest BCUT2D eigenvalue weighted by Crippen LogP contribution is -3.00. The van der Waals surface area contributed by atoms with Crippen molar-refractivity contribution in [3.05, 3.63) is 70.8 Å². The molecule has 0 fully saturated rings. The van der Waals surface area contributed by atoms with Crippen molar-refractivity contribution < 1.29 is 28.6 Å². The highest BCUT2D eigenvalue weighted by Crippen LogP contribution is 2.42. The van der Waals surface area contributed by atoms with Crippen molar-refractivity contribution in [1.82, 2.24) is 4.90 Å². The van der Waals surface area contributed by atoms with E-state index in [1.165, 1.54) is 22.3 Å². The van der Waals surface area contributed by atoms with Crippen LogP contribution in [0.2, 0.25) is 0 Å². The topological polar surface area (TPSA) is 6.25 Å². The zero-order chi connectivity index (χ0) is 21.4. The Labute approximate surface area is 201 Å². The van der Waals surface area contributed by atoms with Crippen LogP contribution in [0.3, 0.4) is 0 Å².